The van der Waals surface area contributed by atoms with Gasteiger partial charge in [-0.05, 0) is 23.8 Å². The largest absolute Gasteiger partial charge is 0.477 e. The summed E-state index contributed by atoms with van der Waals surface area (Å²) >= 11 is 1.15. The van der Waals surface area contributed by atoms with Crippen molar-refractivity contribution in [2.24, 2.45) is 0 Å². The fourth-order valence-corrected chi connectivity index (χ4v) is 2.83. The summed E-state index contributed by atoms with van der Waals surface area (Å²) in [7, 11) is 0. The molecule has 106 valence electrons. The molecule has 0 unspecified atom stereocenters. The third-order valence-corrected chi connectivity index (χ3v) is 3.94. The van der Waals surface area contributed by atoms with E-state index in [0.717, 1.165) is 16.9 Å². The standard InChI is InChI=1S/C12H10N6O2S/c1-2-7-9(12(19)20)21-11(14-7)6-3-4-13-8(5-6)10-15-17-18-16-10/h3-5H,2H2,1H3,(H,19,20)(H,15,16,17,18). The number of hydrogen-bond acceptors (Lipinski definition) is 7. The smallest absolute Gasteiger partial charge is 0.347 e. The maximum Gasteiger partial charge on any atom is 0.347 e. The molecule has 3 aromatic heterocycles. The number of hydrogen-bond donors (Lipinski definition) is 2. The van der Waals surface area contributed by atoms with E-state index in [1.54, 1.807) is 18.3 Å². The van der Waals surface area contributed by atoms with Crippen molar-refractivity contribution in [2.45, 2.75) is 13.3 Å². The maximum atomic E-state index is 11.2. The zero-order valence-electron chi connectivity index (χ0n) is 10.9. The number of aromatic amines is 1. The highest BCUT2D eigenvalue weighted by molar-refractivity contribution is 7.17. The molecule has 0 aliphatic carbocycles. The number of aryl methyl sites for hydroxylation is 1. The van der Waals surface area contributed by atoms with Crippen LogP contribution in [0.3, 0.4) is 0 Å². The van der Waals surface area contributed by atoms with Crippen molar-refractivity contribution in [3.05, 3.63) is 28.9 Å². The number of nitrogens with zero attached hydrogens (tertiary/aromatic N) is 5. The minimum atomic E-state index is -0.956. The molecule has 0 saturated carbocycles. The minimum Gasteiger partial charge on any atom is -0.477 e. The highest BCUT2D eigenvalue weighted by Crippen LogP contribution is 2.29. The molecule has 0 aliphatic heterocycles. The van der Waals surface area contributed by atoms with Crippen LogP contribution in [0.15, 0.2) is 18.3 Å². The first kappa shape index (κ1) is 13.3. The lowest BCUT2D eigenvalue weighted by atomic mass is 10.2. The van der Waals surface area contributed by atoms with Gasteiger partial charge in [-0.3, -0.25) is 4.98 Å². The van der Waals surface area contributed by atoms with E-state index in [9.17, 15) is 9.90 Å². The molecule has 9 heteroatoms. The van der Waals surface area contributed by atoms with Crippen LogP contribution in [0.2, 0.25) is 0 Å². The van der Waals surface area contributed by atoms with Crippen LogP contribution in [0, 0.1) is 0 Å². The van der Waals surface area contributed by atoms with Gasteiger partial charge in [0.2, 0.25) is 5.82 Å². The van der Waals surface area contributed by atoms with E-state index < -0.39 is 5.97 Å². The lowest BCUT2D eigenvalue weighted by Crippen LogP contribution is -1.97. The normalized spacial score (nSPS) is 10.7. The number of tetrazole rings is 1. The first-order chi connectivity index (χ1) is 10.2. The van der Waals surface area contributed by atoms with E-state index in [4.69, 9.17) is 0 Å². The predicted octanol–water partition coefficient (Wildman–Crippen LogP) is 1.65. The summed E-state index contributed by atoms with van der Waals surface area (Å²) in [6, 6.07) is 3.53. The van der Waals surface area contributed by atoms with E-state index in [-0.39, 0.29) is 4.88 Å². The van der Waals surface area contributed by atoms with Gasteiger partial charge in [0.25, 0.3) is 0 Å². The Hall–Kier alpha value is -2.68. The average molecular weight is 302 g/mol. The molecule has 0 bridgehead atoms. The van der Waals surface area contributed by atoms with Crippen molar-refractivity contribution >= 4 is 17.3 Å². The fourth-order valence-electron chi connectivity index (χ4n) is 1.84. The van der Waals surface area contributed by atoms with Gasteiger partial charge in [0.15, 0.2) is 0 Å². The lowest BCUT2D eigenvalue weighted by Gasteiger charge is -1.98. The Bertz CT molecular complexity index is 783. The van der Waals surface area contributed by atoms with Crippen LogP contribution in [0.4, 0.5) is 0 Å². The molecule has 0 aliphatic rings. The van der Waals surface area contributed by atoms with Crippen molar-refractivity contribution in [1.29, 1.82) is 0 Å². The number of carboxylic acids is 1. The summed E-state index contributed by atoms with van der Waals surface area (Å²) in [6.45, 7) is 1.88. The van der Waals surface area contributed by atoms with Crippen LogP contribution < -0.4 is 0 Å². The van der Waals surface area contributed by atoms with Gasteiger partial charge in [0.1, 0.15) is 15.6 Å². The molecule has 21 heavy (non-hydrogen) atoms. The van der Waals surface area contributed by atoms with E-state index in [1.165, 1.54) is 0 Å². The fraction of sp³-hybridized carbons (Fsp3) is 0.167. The Kier molecular flexibility index (Phi) is 3.40. The quantitative estimate of drug-likeness (QED) is 0.752. The third-order valence-electron chi connectivity index (χ3n) is 2.81. The number of H-pyrrole nitrogens is 1. The molecular formula is C12H10N6O2S. The highest BCUT2D eigenvalue weighted by Gasteiger charge is 2.17. The molecule has 0 aromatic carbocycles. The van der Waals surface area contributed by atoms with Crippen molar-refractivity contribution in [2.75, 3.05) is 0 Å². The third kappa shape index (κ3) is 2.50. The van der Waals surface area contributed by atoms with Gasteiger partial charge in [0, 0.05) is 11.8 Å². The number of carboxylic acid groups (broad SMARTS) is 1. The number of thiazole rings is 1. The van der Waals surface area contributed by atoms with E-state index >= 15 is 0 Å². The van der Waals surface area contributed by atoms with Crippen LogP contribution in [-0.4, -0.2) is 41.7 Å². The van der Waals surface area contributed by atoms with Gasteiger partial charge in [-0.15, -0.1) is 21.5 Å². The second-order valence-electron chi connectivity index (χ2n) is 4.12. The van der Waals surface area contributed by atoms with Gasteiger partial charge in [-0.1, -0.05) is 6.92 Å². The first-order valence-electron chi connectivity index (χ1n) is 6.12. The average Bonchev–Trinajstić information content (AvgIpc) is 3.16. The molecule has 0 radical (unpaired) electrons. The predicted molar refractivity (Wildman–Crippen MR) is 74.9 cm³/mol. The molecule has 3 rings (SSSR count). The highest BCUT2D eigenvalue weighted by atomic mass is 32.1. The topological polar surface area (TPSA) is 118 Å². The molecule has 0 atom stereocenters. The molecular weight excluding hydrogens is 292 g/mol. The van der Waals surface area contributed by atoms with Gasteiger partial charge < -0.3 is 5.11 Å². The first-order valence-corrected chi connectivity index (χ1v) is 6.94. The van der Waals surface area contributed by atoms with E-state index in [1.807, 2.05) is 6.92 Å². The van der Waals surface area contributed by atoms with Crippen LogP contribution >= 0.6 is 11.3 Å². The second kappa shape index (κ2) is 5.37. The molecule has 3 heterocycles. The van der Waals surface area contributed by atoms with Gasteiger partial charge in [0.05, 0.1) is 5.69 Å². The Morgan fingerprint density at radius 3 is 2.95 bits per heavy atom. The van der Waals surface area contributed by atoms with Gasteiger partial charge >= 0.3 is 5.97 Å². The molecule has 3 aromatic rings. The van der Waals surface area contributed by atoms with Crippen LogP contribution in [-0.2, 0) is 6.42 Å². The minimum absolute atomic E-state index is 0.269. The van der Waals surface area contributed by atoms with Crippen molar-refractivity contribution in [1.82, 2.24) is 30.6 Å². The van der Waals surface area contributed by atoms with E-state index in [2.05, 4.69) is 30.6 Å². The maximum absolute atomic E-state index is 11.2. The van der Waals surface area contributed by atoms with Crippen LogP contribution in [0.5, 0.6) is 0 Å². The molecule has 0 spiro atoms. The van der Waals surface area contributed by atoms with Gasteiger partial charge in [-0.25, -0.2) is 9.78 Å². The zero-order valence-corrected chi connectivity index (χ0v) is 11.8. The summed E-state index contributed by atoms with van der Waals surface area (Å²) in [5.74, 6) is -0.578. The molecule has 2 N–H and O–H groups in total. The van der Waals surface area contributed by atoms with Crippen LogP contribution in [0.25, 0.3) is 22.1 Å². The zero-order chi connectivity index (χ0) is 14.8. The molecule has 8 nitrogen and oxygen atoms in total. The molecule has 0 fully saturated rings. The SMILES string of the molecule is CCc1nc(-c2ccnc(-c3nn[nH]n3)c2)sc1C(=O)O. The number of carbonyl (C=O) groups is 1. The van der Waals surface area contributed by atoms with E-state index in [0.29, 0.717) is 28.6 Å². The number of aromatic nitrogens is 6. The lowest BCUT2D eigenvalue weighted by molar-refractivity contribution is 0.0701. The molecule has 0 amide bonds. The van der Waals surface area contributed by atoms with Crippen molar-refractivity contribution in [3.63, 3.8) is 0 Å². The summed E-state index contributed by atoms with van der Waals surface area (Å²) in [5.41, 5.74) is 1.91. The summed E-state index contributed by atoms with van der Waals surface area (Å²) in [6.07, 6.45) is 2.18. The summed E-state index contributed by atoms with van der Waals surface area (Å²) in [4.78, 5) is 20.0. The van der Waals surface area contributed by atoms with Crippen molar-refractivity contribution in [3.8, 4) is 22.1 Å². The second-order valence-corrected chi connectivity index (χ2v) is 5.12. The monoisotopic (exact) mass is 302 g/mol. The Morgan fingerprint density at radius 1 is 1.48 bits per heavy atom. The van der Waals surface area contributed by atoms with Gasteiger partial charge in [-0.2, -0.15) is 5.21 Å². The molecule has 0 saturated heterocycles. The Balaban J connectivity index is 2.05. The van der Waals surface area contributed by atoms with Crippen LogP contribution in [0.1, 0.15) is 22.3 Å². The Morgan fingerprint density at radius 2 is 2.33 bits per heavy atom. The summed E-state index contributed by atoms with van der Waals surface area (Å²) in [5, 5.41) is 23.4. The van der Waals surface area contributed by atoms with Crippen molar-refractivity contribution < 1.29 is 9.90 Å². The number of aromatic carboxylic acids is 1. The summed E-state index contributed by atoms with van der Waals surface area (Å²) < 4.78 is 0. The number of pyridine rings is 1. The number of nitrogens with one attached hydrogen (secondary N) is 1. The number of rotatable bonds is 4. The Labute approximate surface area is 122 Å².